The minimum Gasteiger partial charge on any atom is -0.309 e. The maximum absolute atomic E-state index is 6.16. The molecule has 0 aliphatic heterocycles. The molecule has 1 fully saturated rings. The molecule has 0 saturated heterocycles. The van der Waals surface area contributed by atoms with Gasteiger partial charge in [-0.2, -0.15) is 5.10 Å². The molecule has 0 amide bonds. The molecule has 1 saturated carbocycles. The van der Waals surface area contributed by atoms with Crippen LogP contribution in [0.5, 0.6) is 0 Å². The summed E-state index contributed by atoms with van der Waals surface area (Å²) in [4.78, 5) is 4.75. The average molecular weight is 295 g/mol. The predicted octanol–water partition coefficient (Wildman–Crippen LogP) is 4.20. The molecule has 2 aromatic rings. The Bertz CT molecular complexity index is 591. The van der Waals surface area contributed by atoms with Crippen LogP contribution in [-0.2, 0) is 12.4 Å². The van der Waals surface area contributed by atoms with Gasteiger partial charge in [0.1, 0.15) is 11.3 Å². The second-order valence-corrected chi connectivity index (χ2v) is 6.02. The quantitative estimate of drug-likeness (QED) is 0.628. The molecule has 3 rings (SSSR count). The zero-order valence-electron chi connectivity index (χ0n) is 12.4. The van der Waals surface area contributed by atoms with Crippen LogP contribution in [-0.4, -0.2) is 19.3 Å². The molecule has 1 aliphatic rings. The molecular weight excluding hydrogens is 272 g/mol. The first kappa shape index (κ1) is 13.9. The molecule has 1 aliphatic carbocycles. The van der Waals surface area contributed by atoms with Crippen molar-refractivity contribution in [1.82, 2.24) is 19.3 Å². The molecule has 2 heterocycles. The van der Waals surface area contributed by atoms with Crippen LogP contribution >= 0.6 is 11.6 Å². The Hall–Kier alpha value is -1.03. The molecule has 0 radical (unpaired) electrons. The summed E-state index contributed by atoms with van der Waals surface area (Å²) in [5, 5.41) is 4.61. The van der Waals surface area contributed by atoms with E-state index in [1.54, 1.807) is 0 Å². The number of alkyl halides is 1. The van der Waals surface area contributed by atoms with Gasteiger partial charge in [0.05, 0.1) is 11.6 Å². The predicted molar refractivity (Wildman–Crippen MR) is 82.2 cm³/mol. The second-order valence-electron chi connectivity index (χ2n) is 5.75. The Morgan fingerprint density at radius 1 is 1.20 bits per heavy atom. The van der Waals surface area contributed by atoms with Crippen LogP contribution in [0.4, 0.5) is 0 Å². The van der Waals surface area contributed by atoms with Crippen molar-refractivity contribution in [3.8, 4) is 0 Å². The van der Waals surface area contributed by atoms with Crippen LogP contribution in [0.1, 0.15) is 63.0 Å². The standard InChI is InChI=1S/C15H23ClN4/c1-3-19-15-14(11(2)18-19)17-13(10-16)20(15)12-8-6-4-5-7-9-12/h12H,3-10H2,1-2H3. The second kappa shape index (κ2) is 5.76. The Morgan fingerprint density at radius 2 is 1.90 bits per heavy atom. The zero-order valence-corrected chi connectivity index (χ0v) is 13.2. The molecular formula is C15H23ClN4. The van der Waals surface area contributed by atoms with Crippen molar-refractivity contribution in [1.29, 1.82) is 0 Å². The average Bonchev–Trinajstić information content (AvgIpc) is 2.84. The van der Waals surface area contributed by atoms with Crippen LogP contribution in [0.3, 0.4) is 0 Å². The van der Waals surface area contributed by atoms with E-state index < -0.39 is 0 Å². The minimum absolute atomic E-state index is 0.480. The number of nitrogens with zero attached hydrogens (tertiary/aromatic N) is 4. The lowest BCUT2D eigenvalue weighted by Gasteiger charge is -2.19. The highest BCUT2D eigenvalue weighted by molar-refractivity contribution is 6.16. The molecule has 0 unspecified atom stereocenters. The van der Waals surface area contributed by atoms with Crippen LogP contribution in [0.25, 0.3) is 11.2 Å². The normalized spacial score (nSPS) is 17.8. The van der Waals surface area contributed by atoms with E-state index in [2.05, 4.69) is 21.3 Å². The Kier molecular flexibility index (Phi) is 4.01. The lowest BCUT2D eigenvalue weighted by atomic mass is 10.1. The van der Waals surface area contributed by atoms with Crippen molar-refractivity contribution >= 4 is 22.8 Å². The third-order valence-electron chi connectivity index (χ3n) is 4.43. The summed E-state index contributed by atoms with van der Waals surface area (Å²) in [6, 6.07) is 0.539. The highest BCUT2D eigenvalue weighted by Crippen LogP contribution is 2.33. The SMILES string of the molecule is CCn1nc(C)c2nc(CCl)n(C3CCCCCC3)c21. The van der Waals surface area contributed by atoms with Crippen molar-refractivity contribution in [3.05, 3.63) is 11.5 Å². The fourth-order valence-corrected chi connectivity index (χ4v) is 3.64. The lowest BCUT2D eigenvalue weighted by molar-refractivity contribution is 0.435. The Labute approximate surface area is 125 Å². The van der Waals surface area contributed by atoms with Crippen LogP contribution < -0.4 is 0 Å². The Balaban J connectivity index is 2.15. The first-order valence-electron chi connectivity index (χ1n) is 7.76. The molecule has 20 heavy (non-hydrogen) atoms. The Morgan fingerprint density at radius 3 is 2.50 bits per heavy atom. The van der Waals surface area contributed by atoms with Gasteiger partial charge in [-0.05, 0) is 26.7 Å². The van der Waals surface area contributed by atoms with Crippen molar-refractivity contribution in [2.45, 2.75) is 70.8 Å². The highest BCUT2D eigenvalue weighted by atomic mass is 35.5. The number of hydrogen-bond acceptors (Lipinski definition) is 2. The molecule has 0 spiro atoms. The van der Waals surface area contributed by atoms with E-state index in [9.17, 15) is 0 Å². The summed E-state index contributed by atoms with van der Waals surface area (Å²) in [7, 11) is 0. The zero-order chi connectivity index (χ0) is 14.1. The van der Waals surface area contributed by atoms with E-state index in [0.717, 1.165) is 23.6 Å². The number of aryl methyl sites for hydroxylation is 2. The summed E-state index contributed by atoms with van der Waals surface area (Å²) in [5.74, 6) is 1.49. The molecule has 110 valence electrons. The molecule has 0 N–H and O–H groups in total. The monoisotopic (exact) mass is 294 g/mol. The highest BCUT2D eigenvalue weighted by Gasteiger charge is 2.24. The van der Waals surface area contributed by atoms with Gasteiger partial charge in [-0.3, -0.25) is 0 Å². The number of fused-ring (bicyclic) bond motifs is 1. The molecule has 5 heteroatoms. The lowest BCUT2D eigenvalue weighted by Crippen LogP contribution is -2.14. The summed E-state index contributed by atoms with van der Waals surface area (Å²) in [6.45, 7) is 5.05. The summed E-state index contributed by atoms with van der Waals surface area (Å²) in [6.07, 6.45) is 7.82. The number of hydrogen-bond donors (Lipinski definition) is 0. The van der Waals surface area contributed by atoms with Crippen LogP contribution in [0, 0.1) is 6.92 Å². The van der Waals surface area contributed by atoms with E-state index in [1.165, 1.54) is 44.2 Å². The van der Waals surface area contributed by atoms with E-state index >= 15 is 0 Å². The van der Waals surface area contributed by atoms with E-state index in [1.807, 2.05) is 6.92 Å². The van der Waals surface area contributed by atoms with Crippen molar-refractivity contribution in [3.63, 3.8) is 0 Å². The van der Waals surface area contributed by atoms with Crippen LogP contribution in [0.2, 0.25) is 0 Å². The largest absolute Gasteiger partial charge is 0.309 e. The molecule has 0 atom stereocenters. The fourth-order valence-electron chi connectivity index (χ4n) is 3.45. The molecule has 4 nitrogen and oxygen atoms in total. The van der Waals surface area contributed by atoms with Gasteiger partial charge in [-0.1, -0.05) is 25.7 Å². The first-order valence-corrected chi connectivity index (χ1v) is 8.30. The molecule has 0 aromatic carbocycles. The molecule has 2 aromatic heterocycles. The summed E-state index contributed by atoms with van der Waals surface area (Å²) >= 11 is 6.16. The van der Waals surface area contributed by atoms with E-state index in [4.69, 9.17) is 16.6 Å². The number of rotatable bonds is 3. The van der Waals surface area contributed by atoms with Gasteiger partial charge < -0.3 is 4.57 Å². The molecule has 0 bridgehead atoms. The van der Waals surface area contributed by atoms with E-state index in [-0.39, 0.29) is 0 Å². The number of aromatic nitrogens is 4. The van der Waals surface area contributed by atoms with Crippen LogP contribution in [0.15, 0.2) is 0 Å². The fraction of sp³-hybridized carbons (Fsp3) is 0.733. The smallest absolute Gasteiger partial charge is 0.159 e. The van der Waals surface area contributed by atoms with Crippen molar-refractivity contribution in [2.24, 2.45) is 0 Å². The number of halogens is 1. The summed E-state index contributed by atoms with van der Waals surface area (Å²) in [5.41, 5.74) is 3.22. The van der Waals surface area contributed by atoms with Gasteiger partial charge in [0.25, 0.3) is 0 Å². The minimum atomic E-state index is 0.480. The van der Waals surface area contributed by atoms with Gasteiger partial charge in [0, 0.05) is 12.6 Å². The topological polar surface area (TPSA) is 35.6 Å². The summed E-state index contributed by atoms with van der Waals surface area (Å²) < 4.78 is 4.47. The van der Waals surface area contributed by atoms with Gasteiger partial charge >= 0.3 is 0 Å². The van der Waals surface area contributed by atoms with Gasteiger partial charge in [-0.25, -0.2) is 9.67 Å². The first-order chi connectivity index (χ1) is 9.76. The third kappa shape index (κ3) is 2.24. The van der Waals surface area contributed by atoms with Crippen molar-refractivity contribution in [2.75, 3.05) is 0 Å². The third-order valence-corrected chi connectivity index (χ3v) is 4.66. The van der Waals surface area contributed by atoms with Gasteiger partial charge in [0.2, 0.25) is 0 Å². The van der Waals surface area contributed by atoms with Gasteiger partial charge in [0.15, 0.2) is 5.65 Å². The maximum Gasteiger partial charge on any atom is 0.159 e. The number of imidazole rings is 1. The van der Waals surface area contributed by atoms with E-state index in [0.29, 0.717) is 11.9 Å². The van der Waals surface area contributed by atoms with Gasteiger partial charge in [-0.15, -0.1) is 11.6 Å². The maximum atomic E-state index is 6.16. The van der Waals surface area contributed by atoms with Crippen molar-refractivity contribution < 1.29 is 0 Å².